The quantitative estimate of drug-likeness (QED) is 0.616. The second-order valence-corrected chi connectivity index (χ2v) is 3.95. The normalized spacial score (nSPS) is 10.8. The zero-order valence-electron chi connectivity index (χ0n) is 10.0. The molecule has 0 saturated heterocycles. The molecule has 0 heterocycles. The van der Waals surface area contributed by atoms with Crippen LogP contribution in [-0.2, 0) is 4.79 Å². The molecule has 0 aliphatic rings. The van der Waals surface area contributed by atoms with E-state index in [0.717, 1.165) is 11.1 Å². The summed E-state index contributed by atoms with van der Waals surface area (Å²) in [5, 5.41) is 19.3. The van der Waals surface area contributed by atoms with Gasteiger partial charge >= 0.3 is 0 Å². The first kappa shape index (κ1) is 12.6. The fourth-order valence-corrected chi connectivity index (χ4v) is 1.71. The second kappa shape index (κ2) is 5.65. The highest BCUT2D eigenvalue weighted by atomic mass is 16.4. The van der Waals surface area contributed by atoms with Gasteiger partial charge in [-0.05, 0) is 22.8 Å². The van der Waals surface area contributed by atoms with Crippen LogP contribution in [0.4, 0.5) is 0 Å². The lowest BCUT2D eigenvalue weighted by Crippen LogP contribution is -2.23. The van der Waals surface area contributed by atoms with Crippen LogP contribution in [0.5, 0.6) is 0 Å². The third kappa shape index (κ3) is 3.08. The number of nitriles is 1. The number of rotatable bonds is 3. The Morgan fingerprint density at radius 2 is 1.58 bits per heavy atom. The lowest BCUT2D eigenvalue weighted by molar-refractivity contribution is -0.298. The van der Waals surface area contributed by atoms with Gasteiger partial charge in [-0.25, -0.2) is 0 Å². The Balaban J connectivity index is 2.30. The van der Waals surface area contributed by atoms with E-state index in [4.69, 9.17) is 5.26 Å². The van der Waals surface area contributed by atoms with Gasteiger partial charge in [-0.1, -0.05) is 54.6 Å². The zero-order chi connectivity index (χ0) is 13.7. The molecule has 0 aromatic heterocycles. The molecule has 0 amide bonds. The standard InChI is InChI=1S/C16H11NO2/c17-11-15(16(18)19)10-12-6-8-14(9-7-12)13-4-2-1-3-5-13/h1-10H,(H,18,19)/p-1/b15-10+. The minimum absolute atomic E-state index is 0.382. The van der Waals surface area contributed by atoms with E-state index in [0.29, 0.717) is 5.56 Å². The third-order valence-electron chi connectivity index (χ3n) is 2.67. The largest absolute Gasteiger partial charge is 0.544 e. The Bertz CT molecular complexity index is 649. The SMILES string of the molecule is N#C/C(=C\c1ccc(-c2ccccc2)cc1)C(=O)[O-]. The van der Waals surface area contributed by atoms with E-state index in [1.807, 2.05) is 42.5 Å². The minimum Gasteiger partial charge on any atom is -0.544 e. The number of nitrogens with zero attached hydrogens (tertiary/aromatic N) is 1. The van der Waals surface area contributed by atoms with E-state index in [1.54, 1.807) is 18.2 Å². The topological polar surface area (TPSA) is 63.9 Å². The van der Waals surface area contributed by atoms with Crippen LogP contribution in [0.25, 0.3) is 17.2 Å². The highest BCUT2D eigenvalue weighted by molar-refractivity contribution is 5.95. The smallest absolute Gasteiger partial charge is 0.101 e. The maximum Gasteiger partial charge on any atom is 0.101 e. The number of hydrogen-bond acceptors (Lipinski definition) is 3. The van der Waals surface area contributed by atoms with Gasteiger partial charge in [-0.3, -0.25) is 0 Å². The number of carboxylic acids is 1. The van der Waals surface area contributed by atoms with E-state index >= 15 is 0 Å². The van der Waals surface area contributed by atoms with Crippen molar-refractivity contribution in [3.63, 3.8) is 0 Å². The Labute approximate surface area is 111 Å². The van der Waals surface area contributed by atoms with Crippen LogP contribution < -0.4 is 5.11 Å². The minimum atomic E-state index is -1.46. The Morgan fingerprint density at radius 1 is 1.00 bits per heavy atom. The first-order valence-corrected chi connectivity index (χ1v) is 5.69. The lowest BCUT2D eigenvalue weighted by atomic mass is 10.0. The molecule has 0 fully saturated rings. The van der Waals surface area contributed by atoms with Gasteiger partial charge in [0, 0.05) is 0 Å². The fourth-order valence-electron chi connectivity index (χ4n) is 1.71. The first-order chi connectivity index (χ1) is 9.20. The van der Waals surface area contributed by atoms with Gasteiger partial charge < -0.3 is 9.90 Å². The number of carbonyl (C=O) groups is 1. The highest BCUT2D eigenvalue weighted by Gasteiger charge is 1.99. The van der Waals surface area contributed by atoms with Crippen molar-refractivity contribution in [2.45, 2.75) is 0 Å². The molecule has 0 unspecified atom stereocenters. The molecule has 0 aliphatic carbocycles. The molecule has 92 valence electrons. The summed E-state index contributed by atoms with van der Waals surface area (Å²) in [6.45, 7) is 0. The van der Waals surface area contributed by atoms with Crippen molar-refractivity contribution in [2.75, 3.05) is 0 Å². The Morgan fingerprint density at radius 3 is 2.11 bits per heavy atom. The first-order valence-electron chi connectivity index (χ1n) is 5.69. The number of aliphatic carboxylic acids is 1. The zero-order valence-corrected chi connectivity index (χ0v) is 10.0. The van der Waals surface area contributed by atoms with Crippen LogP contribution in [-0.4, -0.2) is 5.97 Å². The molecule has 0 radical (unpaired) electrons. The molecule has 0 atom stereocenters. The number of carbonyl (C=O) groups excluding carboxylic acids is 1. The van der Waals surface area contributed by atoms with Gasteiger partial charge in [0.05, 0.1) is 11.5 Å². The molecule has 2 aromatic carbocycles. The van der Waals surface area contributed by atoms with Crippen molar-refractivity contribution in [2.24, 2.45) is 0 Å². The van der Waals surface area contributed by atoms with Crippen LogP contribution in [0.1, 0.15) is 5.56 Å². The summed E-state index contributed by atoms with van der Waals surface area (Å²) >= 11 is 0. The van der Waals surface area contributed by atoms with Crippen LogP contribution in [0.3, 0.4) is 0 Å². The lowest BCUT2D eigenvalue weighted by Gasteiger charge is -2.03. The van der Waals surface area contributed by atoms with Crippen LogP contribution >= 0.6 is 0 Å². The molecule has 0 saturated carbocycles. The van der Waals surface area contributed by atoms with E-state index in [9.17, 15) is 9.90 Å². The highest BCUT2D eigenvalue weighted by Crippen LogP contribution is 2.20. The van der Waals surface area contributed by atoms with Crippen LogP contribution in [0.2, 0.25) is 0 Å². The molecule has 0 aliphatic heterocycles. The van der Waals surface area contributed by atoms with Gasteiger partial charge in [-0.15, -0.1) is 0 Å². The Hall–Kier alpha value is -2.86. The van der Waals surface area contributed by atoms with Crippen molar-refractivity contribution in [1.29, 1.82) is 5.26 Å². The van der Waals surface area contributed by atoms with Gasteiger partial charge in [-0.2, -0.15) is 5.26 Å². The van der Waals surface area contributed by atoms with Crippen molar-refractivity contribution in [3.8, 4) is 17.2 Å². The maximum atomic E-state index is 10.6. The molecular formula is C16H10NO2-. The Kier molecular flexibility index (Phi) is 3.75. The molecule has 0 N–H and O–H groups in total. The second-order valence-electron chi connectivity index (χ2n) is 3.95. The predicted molar refractivity (Wildman–Crippen MR) is 70.5 cm³/mol. The number of hydrogen-bond donors (Lipinski definition) is 0. The molecule has 19 heavy (non-hydrogen) atoms. The molecular weight excluding hydrogens is 238 g/mol. The van der Waals surface area contributed by atoms with E-state index in [2.05, 4.69) is 0 Å². The van der Waals surface area contributed by atoms with Gasteiger partial charge in [0.15, 0.2) is 0 Å². The van der Waals surface area contributed by atoms with Crippen LogP contribution in [0, 0.1) is 11.3 Å². The van der Waals surface area contributed by atoms with E-state index < -0.39 is 5.97 Å². The third-order valence-corrected chi connectivity index (χ3v) is 2.67. The number of carboxylic acid groups (broad SMARTS) is 1. The molecule has 3 nitrogen and oxygen atoms in total. The average molecular weight is 248 g/mol. The van der Waals surface area contributed by atoms with E-state index in [1.165, 1.54) is 6.08 Å². The summed E-state index contributed by atoms with van der Waals surface area (Å²) in [5.41, 5.74) is 2.39. The molecule has 0 bridgehead atoms. The fraction of sp³-hybridized carbons (Fsp3) is 0. The maximum absolute atomic E-state index is 10.6. The summed E-state index contributed by atoms with van der Waals surface area (Å²) in [4.78, 5) is 10.6. The molecule has 2 aromatic rings. The van der Waals surface area contributed by atoms with Gasteiger partial charge in [0.1, 0.15) is 6.07 Å². The summed E-state index contributed by atoms with van der Waals surface area (Å²) in [6, 6.07) is 18.7. The molecule has 2 rings (SSSR count). The van der Waals surface area contributed by atoms with Crippen molar-refractivity contribution >= 4 is 12.0 Å². The monoisotopic (exact) mass is 248 g/mol. The predicted octanol–water partition coefficient (Wildman–Crippen LogP) is 2.01. The van der Waals surface area contributed by atoms with Gasteiger partial charge in [0.25, 0.3) is 0 Å². The van der Waals surface area contributed by atoms with Crippen molar-refractivity contribution in [3.05, 3.63) is 65.7 Å². The van der Waals surface area contributed by atoms with Crippen molar-refractivity contribution in [1.82, 2.24) is 0 Å². The van der Waals surface area contributed by atoms with E-state index in [-0.39, 0.29) is 5.57 Å². The molecule has 3 heteroatoms. The summed E-state index contributed by atoms with van der Waals surface area (Å²) in [5.74, 6) is -1.46. The molecule has 0 spiro atoms. The summed E-state index contributed by atoms with van der Waals surface area (Å²) < 4.78 is 0. The van der Waals surface area contributed by atoms with Gasteiger partial charge in [0.2, 0.25) is 0 Å². The average Bonchev–Trinajstić information content (AvgIpc) is 2.46. The van der Waals surface area contributed by atoms with Crippen molar-refractivity contribution < 1.29 is 9.90 Å². The number of benzene rings is 2. The summed E-state index contributed by atoms with van der Waals surface area (Å²) in [6.07, 6.45) is 1.30. The summed E-state index contributed by atoms with van der Waals surface area (Å²) in [7, 11) is 0. The van der Waals surface area contributed by atoms with Crippen LogP contribution in [0.15, 0.2) is 60.2 Å².